The summed E-state index contributed by atoms with van der Waals surface area (Å²) in [4.78, 5) is 4.50. The first-order valence-electron chi connectivity index (χ1n) is 6.39. The van der Waals surface area contributed by atoms with Crippen LogP contribution >= 0.6 is 0 Å². The van der Waals surface area contributed by atoms with E-state index in [0.717, 1.165) is 31.1 Å². The van der Waals surface area contributed by atoms with Gasteiger partial charge in [-0.3, -0.25) is 0 Å². The Balaban J connectivity index is 2.11. The molecule has 0 amide bonds. The zero-order chi connectivity index (χ0) is 13.4. The normalized spacial score (nSPS) is 11.2. The average molecular weight is 251 g/mol. The minimum Gasteiger partial charge on any atom is -0.492 e. The first-order chi connectivity index (χ1) is 8.58. The van der Waals surface area contributed by atoms with Gasteiger partial charge in [-0.05, 0) is 64.9 Å². The van der Waals surface area contributed by atoms with Gasteiger partial charge in [0, 0.05) is 12.2 Å². The molecule has 0 spiro atoms. The minimum absolute atomic E-state index is 0.711. The summed E-state index contributed by atoms with van der Waals surface area (Å²) in [6, 6.07) is 7.52. The van der Waals surface area contributed by atoms with Crippen LogP contribution in [0.1, 0.15) is 6.42 Å². The zero-order valence-electron chi connectivity index (χ0n) is 11.7. The predicted molar refractivity (Wildman–Crippen MR) is 77.0 cm³/mol. The molecular weight excluding hydrogens is 226 g/mol. The van der Waals surface area contributed by atoms with Gasteiger partial charge in [0.15, 0.2) is 0 Å². The number of nitrogens with zero attached hydrogens (tertiary/aromatic N) is 2. The summed E-state index contributed by atoms with van der Waals surface area (Å²) < 4.78 is 5.65. The Morgan fingerprint density at radius 2 is 1.67 bits per heavy atom. The molecular formula is C14H25N3O. The lowest BCUT2D eigenvalue weighted by molar-refractivity contribution is 0.229. The molecule has 1 aromatic carbocycles. The Morgan fingerprint density at radius 3 is 2.28 bits per heavy atom. The van der Waals surface area contributed by atoms with Crippen molar-refractivity contribution in [3.05, 3.63) is 24.3 Å². The van der Waals surface area contributed by atoms with Gasteiger partial charge in [-0.15, -0.1) is 0 Å². The van der Waals surface area contributed by atoms with E-state index in [0.29, 0.717) is 6.61 Å². The highest BCUT2D eigenvalue weighted by atomic mass is 16.5. The van der Waals surface area contributed by atoms with Crippen molar-refractivity contribution in [3.63, 3.8) is 0 Å². The molecule has 0 atom stereocenters. The van der Waals surface area contributed by atoms with Crippen molar-refractivity contribution in [3.8, 4) is 5.75 Å². The molecule has 0 saturated carbocycles. The van der Waals surface area contributed by atoms with Crippen molar-refractivity contribution in [1.29, 1.82) is 0 Å². The van der Waals surface area contributed by atoms with E-state index >= 15 is 0 Å². The summed E-state index contributed by atoms with van der Waals surface area (Å²) in [5.41, 5.74) is 6.38. The highest BCUT2D eigenvalue weighted by Gasteiger charge is 2.00. The van der Waals surface area contributed by atoms with Gasteiger partial charge in [0.25, 0.3) is 0 Å². The number of hydrogen-bond donors (Lipinski definition) is 1. The van der Waals surface area contributed by atoms with Gasteiger partial charge in [-0.1, -0.05) is 0 Å². The molecule has 0 aromatic heterocycles. The molecule has 1 aromatic rings. The molecule has 0 radical (unpaired) electrons. The van der Waals surface area contributed by atoms with E-state index in [2.05, 4.69) is 30.9 Å². The third kappa shape index (κ3) is 6.47. The highest BCUT2D eigenvalue weighted by molar-refractivity contribution is 5.41. The Kier molecular flexibility index (Phi) is 6.54. The summed E-state index contributed by atoms with van der Waals surface area (Å²) in [5.74, 6) is 0.880. The highest BCUT2D eigenvalue weighted by Crippen LogP contribution is 2.12. The van der Waals surface area contributed by atoms with Crippen LogP contribution in [-0.2, 0) is 0 Å². The molecule has 2 N–H and O–H groups in total. The lowest BCUT2D eigenvalue weighted by atomic mass is 10.3. The van der Waals surface area contributed by atoms with Crippen LogP contribution in [0.5, 0.6) is 5.75 Å². The number of benzene rings is 1. The molecule has 1 rings (SSSR count). The predicted octanol–water partition coefficient (Wildman–Crippen LogP) is 1.53. The maximum absolute atomic E-state index is 5.65. The summed E-state index contributed by atoms with van der Waals surface area (Å²) in [5, 5.41) is 0. The van der Waals surface area contributed by atoms with Gasteiger partial charge in [0.1, 0.15) is 12.4 Å². The van der Waals surface area contributed by atoms with Crippen LogP contribution in [0.25, 0.3) is 0 Å². The van der Waals surface area contributed by atoms with E-state index in [9.17, 15) is 0 Å². The number of likely N-dealkylation sites (N-methyl/N-ethyl adjacent to an activating group) is 1. The standard InChI is InChI=1S/C14H25N3O/c1-16(2)9-4-10-17(3)11-12-18-14-7-5-13(15)6-8-14/h5-8H,4,9-12,15H2,1-3H3. The Labute approximate surface area is 110 Å². The van der Waals surface area contributed by atoms with Crippen molar-refractivity contribution in [2.75, 3.05) is 53.1 Å². The molecule has 0 aliphatic carbocycles. The molecule has 0 aliphatic heterocycles. The summed E-state index contributed by atoms with van der Waals surface area (Å²) in [6.07, 6.45) is 1.19. The SMILES string of the molecule is CN(C)CCCN(C)CCOc1ccc(N)cc1. The second-order valence-electron chi connectivity index (χ2n) is 4.88. The number of anilines is 1. The summed E-state index contributed by atoms with van der Waals surface area (Å²) in [7, 11) is 6.33. The van der Waals surface area contributed by atoms with E-state index in [1.54, 1.807) is 0 Å². The van der Waals surface area contributed by atoms with Crippen LogP contribution in [0, 0.1) is 0 Å². The fourth-order valence-corrected chi connectivity index (χ4v) is 1.65. The van der Waals surface area contributed by atoms with Crippen LogP contribution in [0.2, 0.25) is 0 Å². The van der Waals surface area contributed by atoms with Crippen LogP contribution in [0.4, 0.5) is 5.69 Å². The van der Waals surface area contributed by atoms with Crippen LogP contribution < -0.4 is 10.5 Å². The Bertz CT molecular complexity index is 324. The van der Waals surface area contributed by atoms with E-state index in [-0.39, 0.29) is 0 Å². The molecule has 0 unspecified atom stereocenters. The van der Waals surface area contributed by atoms with Crippen LogP contribution in [0.15, 0.2) is 24.3 Å². The Morgan fingerprint density at radius 1 is 1.00 bits per heavy atom. The fraction of sp³-hybridized carbons (Fsp3) is 0.571. The van der Waals surface area contributed by atoms with Gasteiger partial charge in [0.2, 0.25) is 0 Å². The minimum atomic E-state index is 0.711. The monoisotopic (exact) mass is 251 g/mol. The van der Waals surface area contributed by atoms with Gasteiger partial charge in [0.05, 0.1) is 0 Å². The Hall–Kier alpha value is -1.26. The van der Waals surface area contributed by atoms with Crippen molar-refractivity contribution >= 4 is 5.69 Å². The molecule has 102 valence electrons. The fourth-order valence-electron chi connectivity index (χ4n) is 1.65. The van der Waals surface area contributed by atoms with Crippen LogP contribution in [-0.4, -0.2) is 57.2 Å². The number of hydrogen-bond acceptors (Lipinski definition) is 4. The maximum Gasteiger partial charge on any atom is 0.119 e. The first-order valence-corrected chi connectivity index (χ1v) is 6.39. The third-order valence-corrected chi connectivity index (χ3v) is 2.77. The smallest absolute Gasteiger partial charge is 0.119 e. The van der Waals surface area contributed by atoms with Crippen molar-refractivity contribution in [2.24, 2.45) is 0 Å². The van der Waals surface area contributed by atoms with E-state index in [1.807, 2.05) is 24.3 Å². The number of nitrogens with two attached hydrogens (primary N) is 1. The number of rotatable bonds is 8. The van der Waals surface area contributed by atoms with E-state index in [1.165, 1.54) is 6.42 Å². The van der Waals surface area contributed by atoms with Gasteiger partial charge >= 0.3 is 0 Å². The van der Waals surface area contributed by atoms with E-state index < -0.39 is 0 Å². The summed E-state index contributed by atoms with van der Waals surface area (Å²) in [6.45, 7) is 3.88. The van der Waals surface area contributed by atoms with E-state index in [4.69, 9.17) is 10.5 Å². The molecule has 0 aliphatic rings. The second kappa shape index (κ2) is 7.95. The molecule has 18 heavy (non-hydrogen) atoms. The van der Waals surface area contributed by atoms with Gasteiger partial charge in [-0.25, -0.2) is 0 Å². The zero-order valence-corrected chi connectivity index (χ0v) is 11.7. The molecule has 4 nitrogen and oxygen atoms in total. The summed E-state index contributed by atoms with van der Waals surface area (Å²) >= 11 is 0. The number of nitrogen functional groups attached to an aromatic ring is 1. The maximum atomic E-state index is 5.65. The van der Waals surface area contributed by atoms with Crippen LogP contribution in [0.3, 0.4) is 0 Å². The quantitative estimate of drug-likeness (QED) is 0.712. The molecule has 0 bridgehead atoms. The molecule has 0 heterocycles. The van der Waals surface area contributed by atoms with Gasteiger partial charge in [-0.2, -0.15) is 0 Å². The second-order valence-corrected chi connectivity index (χ2v) is 4.88. The third-order valence-electron chi connectivity index (χ3n) is 2.77. The molecule has 0 saturated heterocycles. The first kappa shape index (κ1) is 14.8. The van der Waals surface area contributed by atoms with Gasteiger partial charge < -0.3 is 20.3 Å². The molecule has 0 fully saturated rings. The van der Waals surface area contributed by atoms with Crippen molar-refractivity contribution < 1.29 is 4.74 Å². The lowest BCUT2D eigenvalue weighted by Gasteiger charge is -2.18. The largest absolute Gasteiger partial charge is 0.492 e. The topological polar surface area (TPSA) is 41.7 Å². The lowest BCUT2D eigenvalue weighted by Crippen LogP contribution is -2.27. The van der Waals surface area contributed by atoms with Crippen molar-refractivity contribution in [2.45, 2.75) is 6.42 Å². The number of ether oxygens (including phenoxy) is 1. The molecule has 4 heteroatoms. The van der Waals surface area contributed by atoms with Crippen molar-refractivity contribution in [1.82, 2.24) is 9.80 Å². The average Bonchev–Trinajstić information content (AvgIpc) is 2.31.